The standard InChI is InChI=1S/C50H33N5/c1-5-15-34(16-6-1)38-24-27-41-42-28-25-39(35-17-7-2-8-18-35)32-46(42)55(45(41)31-38)47-33-40(26-29-43(47)44-23-13-14-30-51-44)50-53-48(36-19-9-3-10-20-36)52-49(54-50)37-21-11-4-12-22-37/h1-33H. The van der Waals surface area contributed by atoms with E-state index in [1.54, 1.807) is 0 Å². The fourth-order valence-corrected chi connectivity index (χ4v) is 7.43. The van der Waals surface area contributed by atoms with Crippen molar-refractivity contribution in [2.45, 2.75) is 0 Å². The van der Waals surface area contributed by atoms with Crippen molar-refractivity contribution >= 4 is 21.8 Å². The molecule has 55 heavy (non-hydrogen) atoms. The lowest BCUT2D eigenvalue weighted by Crippen LogP contribution is -2.02. The third kappa shape index (κ3) is 6.04. The maximum absolute atomic E-state index is 5.11. The van der Waals surface area contributed by atoms with E-state index in [0.29, 0.717) is 17.5 Å². The summed E-state index contributed by atoms with van der Waals surface area (Å²) in [7, 11) is 0. The Morgan fingerprint density at radius 3 is 1.24 bits per heavy atom. The second-order valence-corrected chi connectivity index (χ2v) is 13.5. The molecule has 0 radical (unpaired) electrons. The first kappa shape index (κ1) is 32.2. The Morgan fingerprint density at radius 2 is 0.764 bits per heavy atom. The van der Waals surface area contributed by atoms with Gasteiger partial charge in [0.2, 0.25) is 0 Å². The van der Waals surface area contributed by atoms with E-state index in [4.69, 9.17) is 19.9 Å². The minimum atomic E-state index is 0.595. The van der Waals surface area contributed by atoms with Crippen molar-refractivity contribution < 1.29 is 0 Å². The molecule has 0 fully saturated rings. The summed E-state index contributed by atoms with van der Waals surface area (Å²) in [5, 5.41) is 2.34. The predicted octanol–water partition coefficient (Wildman–Crippen LogP) is 12.4. The van der Waals surface area contributed by atoms with Crippen LogP contribution >= 0.6 is 0 Å². The minimum absolute atomic E-state index is 0.595. The van der Waals surface area contributed by atoms with E-state index in [0.717, 1.165) is 66.9 Å². The van der Waals surface area contributed by atoms with E-state index >= 15 is 0 Å². The lowest BCUT2D eigenvalue weighted by Gasteiger charge is -2.16. The molecule has 0 amide bonds. The second kappa shape index (κ2) is 13.8. The summed E-state index contributed by atoms with van der Waals surface area (Å²) >= 11 is 0. The average Bonchev–Trinajstić information content (AvgIpc) is 3.60. The molecule has 0 atom stereocenters. The van der Waals surface area contributed by atoms with Crippen molar-refractivity contribution in [3.05, 3.63) is 200 Å². The quantitative estimate of drug-likeness (QED) is 0.166. The van der Waals surface area contributed by atoms with Gasteiger partial charge in [0, 0.05) is 39.2 Å². The Morgan fingerprint density at radius 1 is 0.327 bits per heavy atom. The van der Waals surface area contributed by atoms with Crippen LogP contribution < -0.4 is 0 Å². The Kier molecular flexibility index (Phi) is 8.08. The predicted molar refractivity (Wildman–Crippen MR) is 225 cm³/mol. The van der Waals surface area contributed by atoms with Gasteiger partial charge >= 0.3 is 0 Å². The first-order valence-corrected chi connectivity index (χ1v) is 18.4. The van der Waals surface area contributed by atoms with Crippen molar-refractivity contribution in [1.82, 2.24) is 24.5 Å². The SMILES string of the molecule is c1ccc(-c2ccc3c4ccc(-c5ccccc5)cc4n(-c4cc(-c5nc(-c6ccccc6)nc(-c6ccccc6)n5)ccc4-c4ccccn4)c3c2)cc1. The molecule has 3 heterocycles. The summed E-state index contributed by atoms with van der Waals surface area (Å²) < 4.78 is 2.40. The van der Waals surface area contributed by atoms with Gasteiger partial charge in [-0.3, -0.25) is 4.98 Å². The van der Waals surface area contributed by atoms with Gasteiger partial charge in [0.25, 0.3) is 0 Å². The van der Waals surface area contributed by atoms with E-state index in [1.807, 2.05) is 79.0 Å². The highest BCUT2D eigenvalue weighted by Crippen LogP contribution is 2.40. The van der Waals surface area contributed by atoms with E-state index in [-0.39, 0.29) is 0 Å². The van der Waals surface area contributed by atoms with Gasteiger partial charge in [-0.25, -0.2) is 15.0 Å². The third-order valence-electron chi connectivity index (χ3n) is 10.1. The highest BCUT2D eigenvalue weighted by Gasteiger charge is 2.20. The van der Waals surface area contributed by atoms with Crippen LogP contribution in [0.5, 0.6) is 0 Å². The lowest BCUT2D eigenvalue weighted by atomic mass is 10.0. The Labute approximate surface area is 318 Å². The number of rotatable bonds is 7. The van der Waals surface area contributed by atoms with Crippen LogP contribution in [0.3, 0.4) is 0 Å². The molecular formula is C50H33N5. The van der Waals surface area contributed by atoms with Gasteiger partial charge in [-0.05, 0) is 58.7 Å². The van der Waals surface area contributed by atoms with Crippen molar-refractivity contribution in [1.29, 1.82) is 0 Å². The summed E-state index contributed by atoms with van der Waals surface area (Å²) in [6, 6.07) is 67.5. The molecule has 0 N–H and O–H groups in total. The maximum atomic E-state index is 5.11. The highest BCUT2D eigenvalue weighted by molar-refractivity contribution is 6.11. The van der Waals surface area contributed by atoms with Gasteiger partial charge in [-0.15, -0.1) is 0 Å². The number of fused-ring (bicyclic) bond motifs is 3. The van der Waals surface area contributed by atoms with Crippen LogP contribution in [0, 0.1) is 0 Å². The lowest BCUT2D eigenvalue weighted by molar-refractivity contribution is 1.07. The Bertz CT molecular complexity index is 2790. The van der Waals surface area contributed by atoms with Gasteiger partial charge < -0.3 is 4.57 Å². The molecule has 258 valence electrons. The van der Waals surface area contributed by atoms with Crippen LogP contribution in [0.25, 0.3) is 95.2 Å². The molecule has 0 bridgehead atoms. The molecule has 0 saturated carbocycles. The van der Waals surface area contributed by atoms with Crippen molar-refractivity contribution in [2.24, 2.45) is 0 Å². The molecule has 0 spiro atoms. The molecule has 7 aromatic carbocycles. The molecule has 5 nitrogen and oxygen atoms in total. The average molecular weight is 704 g/mol. The number of hydrogen-bond acceptors (Lipinski definition) is 4. The molecule has 0 aliphatic heterocycles. The number of aromatic nitrogens is 5. The fraction of sp³-hybridized carbons (Fsp3) is 0. The summed E-state index contributed by atoms with van der Waals surface area (Å²) in [6.07, 6.45) is 1.85. The van der Waals surface area contributed by atoms with Crippen LogP contribution in [0.2, 0.25) is 0 Å². The molecule has 0 aliphatic rings. The molecule has 0 saturated heterocycles. The minimum Gasteiger partial charge on any atom is -0.308 e. The second-order valence-electron chi connectivity index (χ2n) is 13.5. The van der Waals surface area contributed by atoms with E-state index in [2.05, 4.69) is 126 Å². The van der Waals surface area contributed by atoms with Gasteiger partial charge in [0.1, 0.15) is 0 Å². The van der Waals surface area contributed by atoms with Crippen molar-refractivity contribution in [3.63, 3.8) is 0 Å². The van der Waals surface area contributed by atoms with Crippen molar-refractivity contribution in [3.8, 4) is 73.4 Å². The normalized spacial score (nSPS) is 11.3. The number of hydrogen-bond donors (Lipinski definition) is 0. The monoisotopic (exact) mass is 703 g/mol. The van der Waals surface area contributed by atoms with E-state index in [9.17, 15) is 0 Å². The number of pyridine rings is 1. The molecule has 10 rings (SSSR count). The topological polar surface area (TPSA) is 56.5 Å². The first-order chi connectivity index (χ1) is 27.3. The zero-order chi connectivity index (χ0) is 36.6. The molecule has 10 aromatic rings. The van der Waals surface area contributed by atoms with Gasteiger partial charge in [-0.2, -0.15) is 0 Å². The van der Waals surface area contributed by atoms with E-state index < -0.39 is 0 Å². The molecular weight excluding hydrogens is 671 g/mol. The first-order valence-electron chi connectivity index (χ1n) is 18.4. The van der Waals surface area contributed by atoms with Crippen LogP contribution in [-0.4, -0.2) is 24.5 Å². The summed E-state index contributed by atoms with van der Waals surface area (Å²) in [5.41, 5.74) is 12.4. The number of benzene rings is 7. The molecule has 5 heteroatoms. The van der Waals surface area contributed by atoms with Crippen LogP contribution in [-0.2, 0) is 0 Å². The van der Waals surface area contributed by atoms with Gasteiger partial charge in [0.05, 0.1) is 22.4 Å². The highest BCUT2D eigenvalue weighted by atomic mass is 15.0. The third-order valence-corrected chi connectivity index (χ3v) is 10.1. The summed E-state index contributed by atoms with van der Waals surface area (Å²) in [4.78, 5) is 20.0. The molecule has 0 unspecified atom stereocenters. The van der Waals surface area contributed by atoms with Crippen molar-refractivity contribution in [2.75, 3.05) is 0 Å². The van der Waals surface area contributed by atoms with Crippen LogP contribution in [0.1, 0.15) is 0 Å². The Hall–Kier alpha value is -7.50. The van der Waals surface area contributed by atoms with Crippen LogP contribution in [0.15, 0.2) is 200 Å². The summed E-state index contributed by atoms with van der Waals surface area (Å²) in [5.74, 6) is 1.84. The smallest absolute Gasteiger partial charge is 0.164 e. The van der Waals surface area contributed by atoms with Crippen LogP contribution in [0.4, 0.5) is 0 Å². The van der Waals surface area contributed by atoms with Gasteiger partial charge in [0.15, 0.2) is 17.5 Å². The number of nitrogens with zero attached hydrogens (tertiary/aromatic N) is 5. The van der Waals surface area contributed by atoms with E-state index in [1.165, 1.54) is 10.8 Å². The molecule has 3 aromatic heterocycles. The maximum Gasteiger partial charge on any atom is 0.164 e. The summed E-state index contributed by atoms with van der Waals surface area (Å²) in [6.45, 7) is 0. The fourth-order valence-electron chi connectivity index (χ4n) is 7.43. The molecule has 0 aliphatic carbocycles. The zero-order valence-electron chi connectivity index (χ0n) is 29.8. The Balaban J connectivity index is 1.27. The zero-order valence-corrected chi connectivity index (χ0v) is 29.8. The van der Waals surface area contributed by atoms with Gasteiger partial charge in [-0.1, -0.05) is 158 Å². The largest absolute Gasteiger partial charge is 0.308 e.